The third-order valence-corrected chi connectivity index (χ3v) is 8.22. The minimum atomic E-state index is 0. The zero-order valence-electron chi connectivity index (χ0n) is 27.2. The van der Waals surface area contributed by atoms with Crippen LogP contribution in [-0.4, -0.2) is 14.5 Å². The van der Waals surface area contributed by atoms with Crippen LogP contribution in [0.1, 0.15) is 1.37 Å². The first-order valence-corrected chi connectivity index (χ1v) is 15.8. The van der Waals surface area contributed by atoms with E-state index in [0.29, 0.717) is 11.6 Å². The fourth-order valence-electron chi connectivity index (χ4n) is 6.01. The molecule has 49 heavy (non-hydrogen) atoms. The molecule has 0 spiro atoms. The van der Waals surface area contributed by atoms with Crippen LogP contribution in [0, 0.1) is 12.3 Å². The molecule has 0 aliphatic carbocycles. The van der Waals surface area contributed by atoms with Gasteiger partial charge in [0.05, 0.1) is 23.9 Å². The van der Waals surface area contributed by atoms with E-state index in [9.17, 15) is 0 Å². The summed E-state index contributed by atoms with van der Waals surface area (Å²) in [4.78, 5) is 9.31. The fraction of sp³-hybridized carbons (Fsp3) is 0. The Morgan fingerprint density at radius 2 is 1.33 bits per heavy atom. The summed E-state index contributed by atoms with van der Waals surface area (Å²) >= 11 is 0. The smallest absolute Gasteiger partial charge is 0.0774 e. The molecule has 0 bridgehead atoms. The van der Waals surface area contributed by atoms with E-state index in [-0.39, 0.29) is 20.1 Å². The maximum Gasteiger partial charge on any atom is 0.0774 e. The third-order valence-electron chi connectivity index (χ3n) is 8.22. The Hall–Kier alpha value is -5.87. The minimum Gasteiger partial charge on any atom is -0.557 e. The second-order valence-electron chi connectivity index (χ2n) is 11.2. The fourth-order valence-corrected chi connectivity index (χ4v) is 6.01. The van der Waals surface area contributed by atoms with Gasteiger partial charge in [-0.1, -0.05) is 132 Å². The number of para-hydroxylation sites is 4. The minimum absolute atomic E-state index is 0. The average Bonchev–Trinajstić information content (AvgIpc) is 3.77. The van der Waals surface area contributed by atoms with E-state index < -0.39 is 0 Å². The molecule has 237 valence electrons. The Morgan fingerprint density at radius 3 is 2.02 bits per heavy atom. The Kier molecular flexibility index (Phi) is 9.01. The first-order chi connectivity index (χ1) is 24.2. The van der Waals surface area contributed by atoms with Gasteiger partial charge < -0.3 is 14.0 Å². The standard InChI is InChI=1S/C33H21N2O.C11H8N.Ir/c1-3-12-23(13-4-1)25-17-11-18-26(24-14-5-2-6-15-24)32(25)35-30-20-9-8-19-29(30)34-33(35)28-22-36-31-21-10-7-16-27(28)31;1-2-6-10(7-3-1)11-8-4-5-9-12-11;/h1-21H;1-6,8-9H;/q2*-1;/i7D;;. The SMILES string of the molecule is [2H]c1ccc2o[c-]c(-c3nc4ccccc4n3-c3c(-c4ccccc4)cccc3-c3ccccc3)c2c1.[Ir].[c-]1ccccc1-c1ccccn1. The molecule has 6 aromatic carbocycles. The van der Waals surface area contributed by atoms with Crippen molar-refractivity contribution < 1.29 is 25.9 Å². The van der Waals surface area contributed by atoms with Gasteiger partial charge in [0.25, 0.3) is 0 Å². The van der Waals surface area contributed by atoms with Crippen LogP contribution in [0.5, 0.6) is 0 Å². The molecule has 9 aromatic rings. The Morgan fingerprint density at radius 1 is 0.633 bits per heavy atom. The average molecular weight is 809 g/mol. The van der Waals surface area contributed by atoms with Crippen LogP contribution in [0.4, 0.5) is 0 Å². The topological polar surface area (TPSA) is 43.9 Å². The van der Waals surface area contributed by atoms with Gasteiger partial charge in [-0.2, -0.15) is 0 Å². The number of pyridine rings is 1. The second kappa shape index (κ2) is 14.5. The number of benzene rings is 6. The Labute approximate surface area is 300 Å². The van der Waals surface area contributed by atoms with Crippen molar-refractivity contribution in [1.82, 2.24) is 14.5 Å². The number of furan rings is 1. The van der Waals surface area contributed by atoms with Crippen LogP contribution in [0.3, 0.4) is 0 Å². The van der Waals surface area contributed by atoms with E-state index in [1.807, 2.05) is 84.9 Å². The van der Waals surface area contributed by atoms with Crippen molar-refractivity contribution in [1.29, 1.82) is 0 Å². The van der Waals surface area contributed by atoms with Crippen LogP contribution < -0.4 is 0 Å². The summed E-state index contributed by atoms with van der Waals surface area (Å²) in [6.07, 6.45) is 4.89. The van der Waals surface area contributed by atoms with E-state index >= 15 is 0 Å². The largest absolute Gasteiger partial charge is 0.557 e. The molecule has 0 atom stereocenters. The van der Waals surface area contributed by atoms with E-state index in [4.69, 9.17) is 10.8 Å². The van der Waals surface area contributed by atoms with E-state index in [1.165, 1.54) is 0 Å². The van der Waals surface area contributed by atoms with Gasteiger partial charge in [-0.05, 0) is 35.0 Å². The molecule has 9 rings (SSSR count). The second-order valence-corrected chi connectivity index (χ2v) is 11.2. The quantitative estimate of drug-likeness (QED) is 0.163. The molecule has 0 saturated heterocycles. The van der Waals surface area contributed by atoms with E-state index in [1.54, 1.807) is 12.3 Å². The van der Waals surface area contributed by atoms with Crippen molar-refractivity contribution in [2.45, 2.75) is 0 Å². The predicted molar refractivity (Wildman–Crippen MR) is 194 cm³/mol. The number of hydrogen-bond acceptors (Lipinski definition) is 3. The molecule has 0 unspecified atom stereocenters. The summed E-state index contributed by atoms with van der Waals surface area (Å²) in [6.45, 7) is 0. The number of hydrogen-bond donors (Lipinski definition) is 0. The van der Waals surface area contributed by atoms with Gasteiger partial charge >= 0.3 is 0 Å². The van der Waals surface area contributed by atoms with Crippen molar-refractivity contribution in [2.75, 3.05) is 0 Å². The zero-order chi connectivity index (χ0) is 33.0. The van der Waals surface area contributed by atoms with Crippen LogP contribution in [0.25, 0.3) is 72.6 Å². The summed E-state index contributed by atoms with van der Waals surface area (Å²) in [5.74, 6) is 0.728. The molecular weight excluding hydrogens is 779 g/mol. The molecule has 0 amide bonds. The molecule has 3 aromatic heterocycles. The van der Waals surface area contributed by atoms with E-state index in [2.05, 4.69) is 94.7 Å². The van der Waals surface area contributed by atoms with Gasteiger partial charge in [0.2, 0.25) is 0 Å². The molecule has 0 N–H and O–H groups in total. The number of fused-ring (bicyclic) bond motifs is 2. The summed E-state index contributed by atoms with van der Waals surface area (Å²) in [5.41, 5.74) is 10.8. The summed E-state index contributed by atoms with van der Waals surface area (Å²) < 4.78 is 16.2. The third kappa shape index (κ3) is 6.38. The normalized spacial score (nSPS) is 11.0. The molecule has 4 nitrogen and oxygen atoms in total. The van der Waals surface area contributed by atoms with Gasteiger partial charge in [-0.25, -0.2) is 0 Å². The summed E-state index contributed by atoms with van der Waals surface area (Å²) in [6, 6.07) is 58.1. The van der Waals surface area contributed by atoms with Gasteiger partial charge in [0.1, 0.15) is 0 Å². The van der Waals surface area contributed by atoms with Crippen LogP contribution >= 0.6 is 0 Å². The van der Waals surface area contributed by atoms with Crippen LogP contribution in [0.2, 0.25) is 0 Å². The molecule has 0 fully saturated rings. The Balaban J connectivity index is 0.000000255. The molecular formula is C44H29IrN3O-2. The summed E-state index contributed by atoms with van der Waals surface area (Å²) in [7, 11) is 0. The van der Waals surface area contributed by atoms with Crippen molar-refractivity contribution in [3.8, 4) is 50.6 Å². The van der Waals surface area contributed by atoms with Crippen molar-refractivity contribution >= 4 is 22.0 Å². The van der Waals surface area contributed by atoms with E-state index in [0.717, 1.165) is 67.0 Å². The van der Waals surface area contributed by atoms with Gasteiger partial charge in [0.15, 0.2) is 0 Å². The van der Waals surface area contributed by atoms with Crippen molar-refractivity contribution in [2.24, 2.45) is 0 Å². The first-order valence-electron chi connectivity index (χ1n) is 16.3. The molecule has 0 aliphatic heterocycles. The summed E-state index contributed by atoms with van der Waals surface area (Å²) in [5, 5.41) is 0.822. The van der Waals surface area contributed by atoms with Crippen molar-refractivity contribution in [3.63, 3.8) is 0 Å². The monoisotopic (exact) mass is 809 g/mol. The van der Waals surface area contributed by atoms with Crippen LogP contribution in [-0.2, 0) is 20.1 Å². The van der Waals surface area contributed by atoms with Crippen LogP contribution in [0.15, 0.2) is 180 Å². The number of rotatable bonds is 5. The Bertz CT molecular complexity index is 2400. The number of imidazole rings is 1. The zero-order valence-corrected chi connectivity index (χ0v) is 28.6. The maximum atomic E-state index is 8.21. The molecule has 0 aliphatic rings. The maximum absolute atomic E-state index is 8.21. The molecule has 5 heteroatoms. The molecule has 1 radical (unpaired) electrons. The van der Waals surface area contributed by atoms with Crippen molar-refractivity contribution in [3.05, 3.63) is 188 Å². The predicted octanol–water partition coefficient (Wildman–Crippen LogP) is 11.1. The molecule has 3 heterocycles. The first kappa shape index (κ1) is 30.5. The number of aromatic nitrogens is 3. The van der Waals surface area contributed by atoms with Gasteiger partial charge in [-0.3, -0.25) is 4.98 Å². The number of nitrogens with zero attached hydrogens (tertiary/aromatic N) is 3. The molecule has 0 saturated carbocycles. The van der Waals surface area contributed by atoms with Gasteiger partial charge in [0, 0.05) is 49.3 Å². The van der Waals surface area contributed by atoms with Gasteiger partial charge in [-0.15, -0.1) is 42.0 Å².